The summed E-state index contributed by atoms with van der Waals surface area (Å²) in [4.78, 5) is 51.2. The van der Waals surface area contributed by atoms with Crippen molar-refractivity contribution in [2.24, 2.45) is 5.73 Å². The molecule has 7 heterocycles. The van der Waals surface area contributed by atoms with E-state index in [1.807, 2.05) is 18.0 Å². The number of carbonyl (C=O) groups is 3. The van der Waals surface area contributed by atoms with E-state index in [-0.39, 0.29) is 83.1 Å². The molecule has 0 radical (unpaired) electrons. The smallest absolute Gasteiger partial charge is 0.343 e. The Morgan fingerprint density at radius 2 is 1.20 bits per heavy atom. The number of anilines is 1. The number of likely N-dealkylation sites (tertiary alicyclic amines) is 3. The van der Waals surface area contributed by atoms with E-state index in [0.29, 0.717) is 70.5 Å². The average Bonchev–Trinajstić information content (AvgIpc) is 4.47. The highest BCUT2D eigenvalue weighted by molar-refractivity contribution is 6.29. The molecule has 3 unspecified atom stereocenters. The lowest BCUT2D eigenvalue weighted by Crippen LogP contribution is -2.37. The highest BCUT2D eigenvalue weighted by atomic mass is 35.5. The number of halogens is 4. The summed E-state index contributed by atoms with van der Waals surface area (Å²) in [5, 5.41) is 40.4. The molecule has 0 bridgehead atoms. The zero-order chi connectivity index (χ0) is 56.5. The molecule has 0 spiro atoms. The molecule has 3 aliphatic heterocycles. The van der Waals surface area contributed by atoms with E-state index in [1.54, 1.807) is 32.3 Å². The van der Waals surface area contributed by atoms with E-state index in [4.69, 9.17) is 31.9 Å². The van der Waals surface area contributed by atoms with Gasteiger partial charge in [-0.1, -0.05) is 41.3 Å². The Labute approximate surface area is 484 Å². The van der Waals surface area contributed by atoms with Crippen molar-refractivity contribution in [3.63, 3.8) is 0 Å². The van der Waals surface area contributed by atoms with Gasteiger partial charge in [0.25, 0.3) is 0 Å². The second-order valence-electron chi connectivity index (χ2n) is 18.8. The number of esters is 2. The minimum atomic E-state index is -0.528. The number of ether oxygens (including phenoxy) is 2. The van der Waals surface area contributed by atoms with Crippen LogP contribution in [-0.4, -0.2) is 169 Å². The monoisotopic (exact) mass is 1170 g/mol. The van der Waals surface area contributed by atoms with Gasteiger partial charge in [0.15, 0.2) is 17.6 Å². The molecule has 3 aromatic carbocycles. The van der Waals surface area contributed by atoms with Crippen LogP contribution in [-0.2, 0) is 22.6 Å². The van der Waals surface area contributed by atoms with Crippen LogP contribution in [0.5, 0.6) is 17.2 Å². The predicted octanol–water partition coefficient (Wildman–Crippen LogP) is 8.88. The molecule has 7 aromatic rings. The molecule has 0 aliphatic carbocycles. The zero-order valence-corrected chi connectivity index (χ0v) is 44.9. The fraction of sp³-hybridized carbons (Fsp3) is 0.431. The Morgan fingerprint density at radius 1 is 0.695 bits per heavy atom. The van der Waals surface area contributed by atoms with E-state index in [9.17, 15) is 37.8 Å². The normalized spacial score (nSPS) is 16.3. The number of nitrogens with two attached hydrogens (primary N) is 1. The van der Waals surface area contributed by atoms with Gasteiger partial charge < -0.3 is 55.4 Å². The maximum absolute atomic E-state index is 13.8. The lowest BCUT2D eigenvalue weighted by molar-refractivity contribution is 0.0518. The van der Waals surface area contributed by atoms with Crippen molar-refractivity contribution in [3.8, 4) is 17.2 Å². The van der Waals surface area contributed by atoms with Crippen LogP contribution in [0.1, 0.15) is 105 Å². The number of benzene rings is 3. The largest absolute Gasteiger partial charge is 0.508 e. The predicted molar refractivity (Wildman–Crippen MR) is 314 cm³/mol. The van der Waals surface area contributed by atoms with Crippen molar-refractivity contribution < 1.29 is 52.3 Å². The fourth-order valence-electron chi connectivity index (χ4n) is 8.64. The Bertz CT molecular complexity index is 3110. The number of fused-ring (bicyclic) bond motifs is 2. The van der Waals surface area contributed by atoms with Crippen molar-refractivity contribution in [2.45, 2.75) is 94.0 Å². The van der Waals surface area contributed by atoms with Gasteiger partial charge in [0.2, 0.25) is 0 Å². The number of rotatable bonds is 12. The summed E-state index contributed by atoms with van der Waals surface area (Å²) in [6.45, 7) is 11.0. The van der Waals surface area contributed by atoms with Crippen molar-refractivity contribution in [3.05, 3.63) is 142 Å². The third-order valence-corrected chi connectivity index (χ3v) is 12.9. The number of aromatic hydroxyl groups is 3. The number of phenolic OH excluding ortho intramolecular Hbond substituents is 3. The number of likely N-dealkylation sites (N-methyl/N-ethyl adjacent to an activating group) is 3. The van der Waals surface area contributed by atoms with Crippen molar-refractivity contribution >= 4 is 46.9 Å². The Hall–Kier alpha value is -7.41. The first kappa shape index (κ1) is 70.7. The minimum absolute atomic E-state index is 0. The van der Waals surface area contributed by atoms with E-state index >= 15 is 0 Å². The minimum Gasteiger partial charge on any atom is -0.508 e. The molecule has 4 aromatic heterocycles. The molecule has 0 amide bonds. The zero-order valence-electron chi connectivity index (χ0n) is 44.1. The van der Waals surface area contributed by atoms with Crippen molar-refractivity contribution in [1.29, 1.82) is 0 Å². The third kappa shape index (κ3) is 20.2. The average molecular weight is 1170 g/mol. The number of nitrogens with one attached hydrogen (secondary N) is 1. The number of nitrogens with zero attached hydrogens (tertiary/aromatic N) is 10. The summed E-state index contributed by atoms with van der Waals surface area (Å²) >= 11 is 5.72. The van der Waals surface area contributed by atoms with Crippen LogP contribution in [0.15, 0.2) is 91.5 Å². The molecule has 3 saturated heterocycles. The first-order valence-corrected chi connectivity index (χ1v) is 25.6. The van der Waals surface area contributed by atoms with Gasteiger partial charge in [-0.15, -0.1) is 0 Å². The van der Waals surface area contributed by atoms with Crippen molar-refractivity contribution in [2.75, 3.05) is 78.5 Å². The van der Waals surface area contributed by atoms with Crippen LogP contribution in [0, 0.1) is 17.5 Å². The Balaban J connectivity index is 0.000000377. The van der Waals surface area contributed by atoms with Crippen molar-refractivity contribution in [1.82, 2.24) is 49.2 Å². The molecule has 6 N–H and O–H groups in total. The molecule has 20 nitrogen and oxygen atoms in total. The van der Waals surface area contributed by atoms with Gasteiger partial charge in [-0.3, -0.25) is 4.79 Å². The number of carbonyl (C=O) groups excluding carboxylic acids is 3. The molecule has 450 valence electrons. The van der Waals surface area contributed by atoms with Gasteiger partial charge in [-0.2, -0.15) is 10.2 Å². The number of aldehydes is 1. The molecule has 10 rings (SSSR count). The topological polar surface area (TPSA) is 242 Å². The first-order chi connectivity index (χ1) is 37.3. The summed E-state index contributed by atoms with van der Waals surface area (Å²) in [6, 6.07) is 15.6. The summed E-state index contributed by atoms with van der Waals surface area (Å²) in [7, 11) is 6.23. The molecule has 0 saturated carbocycles. The summed E-state index contributed by atoms with van der Waals surface area (Å²) in [5.74, 6) is -1.55. The van der Waals surface area contributed by atoms with Crippen LogP contribution >= 0.6 is 11.6 Å². The molecule has 3 fully saturated rings. The standard InChI is InChI=1S/C21H24FN5O3.C12H17FN2O.C9H8ClN3O2.C7H5FO2.C5H12N2.4CH4/c1-3-30-21(29)17-11-23-27-9-7-19(24-20(17)27)26(16-6-8-25(2)13-16)12-14-10-15(22)4-5-18(14)28;1-15-5-4-11(8-15)14-7-9-6-10(13)2-3-12(9)16;1-2-15-9(14)6-5-11-13-4-3-7(10)12-8(6)13;8-6-1-2-7(10)5(3-6)4-9;1-7-3-2-5(6)4-7;;;;/h4-5,7,9-11,16,28H,3,6,8,12-13H2,1-2H3;2-3,6,11,14,16H,4-5,7-8H2,1H3;3-5H,2H2,1H3;1-4,10H;5H,2-4,6H2,1H3;4*1H4. The highest BCUT2D eigenvalue weighted by Gasteiger charge is 2.29. The van der Waals surface area contributed by atoms with Gasteiger partial charge in [0.05, 0.1) is 31.2 Å². The van der Waals surface area contributed by atoms with E-state index in [0.717, 1.165) is 63.8 Å². The third-order valence-electron chi connectivity index (χ3n) is 12.7. The van der Waals surface area contributed by atoms with E-state index in [1.165, 1.54) is 70.8 Å². The van der Waals surface area contributed by atoms with Crippen LogP contribution in [0.25, 0.3) is 11.3 Å². The summed E-state index contributed by atoms with van der Waals surface area (Å²) < 4.78 is 52.0. The molecule has 24 heteroatoms. The molecular formula is C58H82ClF3N12O8. The van der Waals surface area contributed by atoms with Gasteiger partial charge in [0.1, 0.15) is 56.8 Å². The summed E-state index contributed by atoms with van der Waals surface area (Å²) in [5.41, 5.74) is 8.06. The van der Waals surface area contributed by atoms with Crippen LogP contribution < -0.4 is 16.0 Å². The molecule has 82 heavy (non-hydrogen) atoms. The maximum Gasteiger partial charge on any atom is 0.343 e. The quantitative estimate of drug-likeness (QED) is 0.0436. The second kappa shape index (κ2) is 34.1. The fourth-order valence-corrected chi connectivity index (χ4v) is 8.78. The Kier molecular flexibility index (Phi) is 29.4. The SMILES string of the molecule is C.C.C.C.CCOC(=O)c1cnn2ccc(Cl)nc12.CCOC(=O)c1cnn2ccc(N(Cc3cc(F)ccc3O)C3CCN(C)C3)nc12.CN1CCC(N)C1.CN1CCC(NCc2cc(F)ccc2O)C1.O=Cc1cc(F)ccc1O. The lowest BCUT2D eigenvalue weighted by atomic mass is 10.1. The summed E-state index contributed by atoms with van der Waals surface area (Å²) in [6.07, 6.45) is 9.81. The van der Waals surface area contributed by atoms with Crippen LogP contribution in [0.4, 0.5) is 19.0 Å². The number of aromatic nitrogens is 6. The number of hydrogen-bond acceptors (Lipinski definition) is 18. The van der Waals surface area contributed by atoms with Gasteiger partial charge in [0, 0.05) is 74.4 Å². The Morgan fingerprint density at radius 3 is 1.68 bits per heavy atom. The van der Waals surface area contributed by atoms with E-state index in [2.05, 4.69) is 54.3 Å². The number of hydrogen-bond donors (Lipinski definition) is 5. The number of phenols is 3. The molecule has 3 aliphatic rings. The lowest BCUT2D eigenvalue weighted by Gasteiger charge is -2.30. The van der Waals surface area contributed by atoms with Crippen LogP contribution in [0.3, 0.4) is 0 Å². The molecular weight excluding hydrogens is 1090 g/mol. The highest BCUT2D eigenvalue weighted by Crippen LogP contribution is 2.28. The van der Waals surface area contributed by atoms with Gasteiger partial charge in [-0.05, 0) is 141 Å². The van der Waals surface area contributed by atoms with Gasteiger partial charge in [-0.25, -0.2) is 41.8 Å². The van der Waals surface area contributed by atoms with Crippen LogP contribution in [0.2, 0.25) is 5.15 Å². The van der Waals surface area contributed by atoms with E-state index < -0.39 is 23.6 Å². The second-order valence-corrected chi connectivity index (χ2v) is 19.2. The van der Waals surface area contributed by atoms with Gasteiger partial charge >= 0.3 is 11.9 Å². The maximum atomic E-state index is 13.8. The first-order valence-electron chi connectivity index (χ1n) is 25.2. The molecule has 3 atom stereocenters.